The van der Waals surface area contributed by atoms with Crippen LogP contribution in [0.3, 0.4) is 0 Å². The molecule has 1 saturated heterocycles. The first-order valence-electron chi connectivity index (χ1n) is 6.67. The number of hydrogen-bond acceptors (Lipinski definition) is 4. The summed E-state index contributed by atoms with van der Waals surface area (Å²) in [6.07, 6.45) is -4.65. The van der Waals surface area contributed by atoms with Gasteiger partial charge in [0.15, 0.2) is 6.10 Å². The van der Waals surface area contributed by atoms with E-state index in [1.165, 1.54) is 4.90 Å². The van der Waals surface area contributed by atoms with Gasteiger partial charge in [-0.1, -0.05) is 0 Å². The number of rotatable bonds is 7. The zero-order valence-corrected chi connectivity index (χ0v) is 11.5. The molecule has 20 heavy (non-hydrogen) atoms. The molecule has 1 unspecified atom stereocenters. The molecule has 1 fully saturated rings. The Hall–Kier alpha value is -0.860. The van der Waals surface area contributed by atoms with Crippen LogP contribution >= 0.6 is 0 Å². The highest BCUT2D eigenvalue weighted by molar-refractivity contribution is 5.72. The van der Waals surface area contributed by atoms with Crippen LogP contribution in [0.4, 0.5) is 13.2 Å². The molecule has 8 heteroatoms. The summed E-state index contributed by atoms with van der Waals surface area (Å²) in [5, 5.41) is 8.93. The number of alkyl halides is 3. The average molecular weight is 298 g/mol. The lowest BCUT2D eigenvalue weighted by Crippen LogP contribution is -2.49. The van der Waals surface area contributed by atoms with Gasteiger partial charge in [-0.25, -0.2) is 4.79 Å². The summed E-state index contributed by atoms with van der Waals surface area (Å²) in [7, 11) is 0. The van der Waals surface area contributed by atoms with Gasteiger partial charge in [0.2, 0.25) is 0 Å². The van der Waals surface area contributed by atoms with E-state index in [0.29, 0.717) is 45.8 Å². The second kappa shape index (κ2) is 7.80. The van der Waals surface area contributed by atoms with E-state index in [1.807, 2.05) is 4.90 Å². The van der Waals surface area contributed by atoms with Gasteiger partial charge in [-0.15, -0.1) is 0 Å². The zero-order chi connectivity index (χ0) is 15.2. The van der Waals surface area contributed by atoms with Crippen LogP contribution in [0.5, 0.6) is 0 Å². The highest BCUT2D eigenvalue weighted by Gasteiger charge is 2.32. The van der Waals surface area contributed by atoms with Gasteiger partial charge in [0, 0.05) is 39.3 Å². The van der Waals surface area contributed by atoms with Gasteiger partial charge >= 0.3 is 12.1 Å². The summed E-state index contributed by atoms with van der Waals surface area (Å²) in [5.41, 5.74) is 0. The molecule has 118 valence electrons. The number of halogens is 3. The number of ether oxygens (including phenoxy) is 1. The molecule has 0 aromatic heterocycles. The normalized spacial score (nSPS) is 20.0. The lowest BCUT2D eigenvalue weighted by atomic mass is 10.2. The van der Waals surface area contributed by atoms with Crippen LogP contribution in [-0.2, 0) is 9.53 Å². The van der Waals surface area contributed by atoms with Crippen molar-refractivity contribution in [3.05, 3.63) is 0 Å². The Morgan fingerprint density at radius 1 is 1.25 bits per heavy atom. The molecule has 1 rings (SSSR count). The maximum absolute atomic E-state index is 12.2. The standard InChI is InChI=1S/C12H21F3N2O3/c1-2-20-10(11(18)19)3-4-16-5-7-17(8-6-16)9-12(13,14)15/h10H,2-9H2,1H3,(H,18,19). The van der Waals surface area contributed by atoms with Crippen LogP contribution in [0.2, 0.25) is 0 Å². The topological polar surface area (TPSA) is 53.0 Å². The average Bonchev–Trinajstić information content (AvgIpc) is 2.34. The first-order valence-corrected chi connectivity index (χ1v) is 6.67. The second-order valence-electron chi connectivity index (χ2n) is 4.80. The lowest BCUT2D eigenvalue weighted by Gasteiger charge is -2.35. The number of nitrogens with zero attached hydrogens (tertiary/aromatic N) is 2. The molecule has 0 saturated carbocycles. The summed E-state index contributed by atoms with van der Waals surface area (Å²) >= 11 is 0. The van der Waals surface area contributed by atoms with Gasteiger partial charge in [0.1, 0.15) is 0 Å². The minimum absolute atomic E-state index is 0.330. The summed E-state index contributed by atoms with van der Waals surface area (Å²) < 4.78 is 41.8. The fourth-order valence-electron chi connectivity index (χ4n) is 2.20. The number of aliphatic carboxylic acids is 1. The highest BCUT2D eigenvalue weighted by Crippen LogP contribution is 2.17. The molecule has 1 atom stereocenters. The van der Waals surface area contributed by atoms with Gasteiger partial charge in [-0.2, -0.15) is 13.2 Å². The van der Waals surface area contributed by atoms with Crippen LogP contribution in [0, 0.1) is 0 Å². The van der Waals surface area contributed by atoms with Crippen molar-refractivity contribution < 1.29 is 27.8 Å². The smallest absolute Gasteiger partial charge is 0.401 e. The summed E-state index contributed by atoms with van der Waals surface area (Å²) in [6, 6.07) is 0. The number of carboxylic acids is 1. The largest absolute Gasteiger partial charge is 0.479 e. The Morgan fingerprint density at radius 3 is 2.25 bits per heavy atom. The van der Waals surface area contributed by atoms with E-state index in [1.54, 1.807) is 6.92 Å². The highest BCUT2D eigenvalue weighted by atomic mass is 19.4. The minimum Gasteiger partial charge on any atom is -0.479 e. The first kappa shape index (κ1) is 17.2. The molecule has 0 radical (unpaired) electrons. The quantitative estimate of drug-likeness (QED) is 0.761. The van der Waals surface area contributed by atoms with Crippen molar-refractivity contribution in [3.63, 3.8) is 0 Å². The van der Waals surface area contributed by atoms with E-state index in [-0.39, 0.29) is 0 Å². The van der Waals surface area contributed by atoms with Crippen molar-refractivity contribution in [3.8, 4) is 0 Å². The lowest BCUT2D eigenvalue weighted by molar-refractivity contribution is -0.152. The molecule has 0 aromatic rings. The van der Waals surface area contributed by atoms with Gasteiger partial charge in [-0.05, 0) is 13.3 Å². The molecule has 0 aromatic carbocycles. The van der Waals surface area contributed by atoms with Crippen molar-refractivity contribution >= 4 is 5.97 Å². The summed E-state index contributed by atoms with van der Waals surface area (Å²) in [4.78, 5) is 14.2. The van der Waals surface area contributed by atoms with Gasteiger partial charge in [0.05, 0.1) is 6.54 Å². The molecule has 0 spiro atoms. The predicted octanol–water partition coefficient (Wildman–Crippen LogP) is 1.05. The number of carboxylic acid groups (broad SMARTS) is 1. The number of carbonyl (C=O) groups is 1. The zero-order valence-electron chi connectivity index (χ0n) is 11.5. The Labute approximate surface area is 116 Å². The third-order valence-electron chi connectivity index (χ3n) is 3.22. The third kappa shape index (κ3) is 6.53. The van der Waals surface area contributed by atoms with Crippen LogP contribution in [-0.4, -0.2) is 79.0 Å². The molecular weight excluding hydrogens is 277 g/mol. The molecule has 1 N–H and O–H groups in total. The van der Waals surface area contributed by atoms with Crippen LogP contribution in [0.15, 0.2) is 0 Å². The van der Waals surface area contributed by atoms with Crippen LogP contribution in [0.25, 0.3) is 0 Å². The van der Waals surface area contributed by atoms with Crippen molar-refractivity contribution in [2.75, 3.05) is 45.9 Å². The molecule has 1 aliphatic heterocycles. The maximum Gasteiger partial charge on any atom is 0.401 e. The molecular formula is C12H21F3N2O3. The molecule has 5 nitrogen and oxygen atoms in total. The molecule has 1 heterocycles. The monoisotopic (exact) mass is 298 g/mol. The Kier molecular flexibility index (Phi) is 6.70. The molecule has 0 bridgehead atoms. The molecule has 1 aliphatic rings. The molecule has 0 amide bonds. The van der Waals surface area contributed by atoms with E-state index in [2.05, 4.69) is 0 Å². The third-order valence-corrected chi connectivity index (χ3v) is 3.22. The second-order valence-corrected chi connectivity index (χ2v) is 4.80. The van der Waals surface area contributed by atoms with E-state index in [9.17, 15) is 18.0 Å². The van der Waals surface area contributed by atoms with E-state index in [0.717, 1.165) is 0 Å². The van der Waals surface area contributed by atoms with E-state index in [4.69, 9.17) is 9.84 Å². The number of hydrogen-bond donors (Lipinski definition) is 1. The maximum atomic E-state index is 12.2. The van der Waals surface area contributed by atoms with Crippen molar-refractivity contribution in [2.45, 2.75) is 25.6 Å². The molecule has 0 aliphatic carbocycles. The Morgan fingerprint density at radius 2 is 1.80 bits per heavy atom. The summed E-state index contributed by atoms with van der Waals surface area (Å²) in [5.74, 6) is -0.998. The van der Waals surface area contributed by atoms with E-state index < -0.39 is 24.8 Å². The van der Waals surface area contributed by atoms with Gasteiger partial charge < -0.3 is 14.7 Å². The predicted molar refractivity (Wildman–Crippen MR) is 66.6 cm³/mol. The minimum atomic E-state index is -4.16. The van der Waals surface area contributed by atoms with Crippen LogP contribution < -0.4 is 0 Å². The summed E-state index contributed by atoms with van der Waals surface area (Å²) in [6.45, 7) is 3.46. The fourth-order valence-corrected chi connectivity index (χ4v) is 2.20. The van der Waals surface area contributed by atoms with Crippen LogP contribution in [0.1, 0.15) is 13.3 Å². The van der Waals surface area contributed by atoms with Crippen molar-refractivity contribution in [1.82, 2.24) is 9.80 Å². The SMILES string of the molecule is CCOC(CCN1CCN(CC(F)(F)F)CC1)C(=O)O. The Bertz CT molecular complexity index is 305. The fraction of sp³-hybridized carbons (Fsp3) is 0.917. The van der Waals surface area contributed by atoms with Gasteiger partial charge in [0.25, 0.3) is 0 Å². The van der Waals surface area contributed by atoms with Gasteiger partial charge in [-0.3, -0.25) is 4.90 Å². The van der Waals surface area contributed by atoms with E-state index >= 15 is 0 Å². The van der Waals surface area contributed by atoms with Crippen molar-refractivity contribution in [1.29, 1.82) is 0 Å². The Balaban J connectivity index is 2.26. The van der Waals surface area contributed by atoms with Crippen molar-refractivity contribution in [2.24, 2.45) is 0 Å². The number of piperazine rings is 1. The first-order chi connectivity index (χ1) is 9.31.